The van der Waals surface area contributed by atoms with Crippen LogP contribution in [0, 0.1) is 5.82 Å². The van der Waals surface area contributed by atoms with Crippen molar-refractivity contribution >= 4 is 17.6 Å². The Morgan fingerprint density at radius 1 is 1.14 bits per heavy atom. The van der Waals surface area contributed by atoms with E-state index in [0.29, 0.717) is 6.42 Å². The lowest BCUT2D eigenvalue weighted by molar-refractivity contribution is -0.116. The maximum Gasteiger partial charge on any atom is 0.337 e. The molecule has 4 nitrogen and oxygen atoms in total. The molecule has 0 aliphatic heterocycles. The van der Waals surface area contributed by atoms with Crippen LogP contribution in [-0.2, 0) is 4.79 Å². The zero-order chi connectivity index (χ0) is 15.7. The van der Waals surface area contributed by atoms with E-state index in [4.69, 9.17) is 5.11 Å². The molecule has 0 aliphatic rings. The van der Waals surface area contributed by atoms with E-state index in [1.165, 1.54) is 25.3 Å². The summed E-state index contributed by atoms with van der Waals surface area (Å²) in [5.74, 6) is -2.13. The first-order valence-electron chi connectivity index (χ1n) is 7.37. The number of nitrogens with one attached hydrogen (secondary N) is 1. The first kappa shape index (κ1) is 17.1. The normalized spacial score (nSPS) is 10.4. The molecule has 2 N–H and O–H groups in total. The second kappa shape index (κ2) is 9.10. The molecule has 0 heterocycles. The Hall–Kier alpha value is -1.91. The third-order valence-corrected chi connectivity index (χ3v) is 3.24. The van der Waals surface area contributed by atoms with E-state index >= 15 is 0 Å². The predicted octanol–water partition coefficient (Wildman–Crippen LogP) is 4.21. The molecule has 0 spiro atoms. The predicted molar refractivity (Wildman–Crippen MR) is 80.0 cm³/mol. The average Bonchev–Trinajstić information content (AvgIpc) is 2.44. The van der Waals surface area contributed by atoms with Gasteiger partial charge in [-0.3, -0.25) is 4.79 Å². The molecule has 5 heteroatoms. The highest BCUT2D eigenvalue weighted by molar-refractivity contribution is 6.00. The second-order valence-electron chi connectivity index (χ2n) is 5.06. The van der Waals surface area contributed by atoms with Gasteiger partial charge in [0.1, 0.15) is 5.82 Å². The lowest BCUT2D eigenvalue weighted by Gasteiger charge is -2.08. The summed E-state index contributed by atoms with van der Waals surface area (Å²) >= 11 is 0. The number of halogens is 1. The second-order valence-corrected chi connectivity index (χ2v) is 5.06. The number of amides is 1. The fourth-order valence-electron chi connectivity index (χ4n) is 2.08. The first-order chi connectivity index (χ1) is 10.0. The summed E-state index contributed by atoms with van der Waals surface area (Å²) in [5, 5.41) is 11.5. The average molecular weight is 295 g/mol. The van der Waals surface area contributed by atoms with Crippen LogP contribution in [-0.4, -0.2) is 17.0 Å². The van der Waals surface area contributed by atoms with Crippen LogP contribution in [0.3, 0.4) is 0 Å². The Balaban J connectivity index is 2.43. The highest BCUT2D eigenvalue weighted by Gasteiger charge is 2.13. The van der Waals surface area contributed by atoms with Crippen molar-refractivity contribution in [1.29, 1.82) is 0 Å². The van der Waals surface area contributed by atoms with Gasteiger partial charge in [0, 0.05) is 6.42 Å². The topological polar surface area (TPSA) is 66.4 Å². The molecule has 0 radical (unpaired) electrons. The largest absolute Gasteiger partial charge is 0.478 e. The molecule has 1 rings (SSSR count). The van der Waals surface area contributed by atoms with Crippen LogP contribution in [0.4, 0.5) is 10.1 Å². The Labute approximate surface area is 124 Å². The molecule has 116 valence electrons. The number of rotatable bonds is 9. The van der Waals surface area contributed by atoms with Crippen LogP contribution in [0.2, 0.25) is 0 Å². The van der Waals surface area contributed by atoms with Crippen LogP contribution in [0.1, 0.15) is 62.2 Å². The molecular formula is C16H22FNO3. The number of carbonyl (C=O) groups excluding carboxylic acids is 1. The smallest absolute Gasteiger partial charge is 0.337 e. The molecular weight excluding hydrogens is 273 g/mol. The monoisotopic (exact) mass is 295 g/mol. The molecule has 0 bridgehead atoms. The van der Waals surface area contributed by atoms with Crippen molar-refractivity contribution in [2.24, 2.45) is 0 Å². The number of aromatic carboxylic acids is 1. The standard InChI is InChI=1S/C16H22FNO3/c1-2-3-4-5-6-7-8-15(19)18-14-10-9-12(17)11-13(14)16(20)21/h9-11H,2-8H2,1H3,(H,18,19)(H,20,21). The lowest BCUT2D eigenvalue weighted by Crippen LogP contribution is -2.14. The molecule has 0 unspecified atom stereocenters. The van der Waals surface area contributed by atoms with E-state index in [9.17, 15) is 14.0 Å². The van der Waals surface area contributed by atoms with Crippen LogP contribution < -0.4 is 5.32 Å². The molecule has 0 saturated heterocycles. The molecule has 0 aromatic heterocycles. The fourth-order valence-corrected chi connectivity index (χ4v) is 2.08. The van der Waals surface area contributed by atoms with Crippen molar-refractivity contribution in [3.8, 4) is 0 Å². The summed E-state index contributed by atoms with van der Waals surface area (Å²) < 4.78 is 13.0. The number of carboxylic acid groups (broad SMARTS) is 1. The number of hydrogen-bond donors (Lipinski definition) is 2. The summed E-state index contributed by atoms with van der Waals surface area (Å²) in [5.41, 5.74) is -0.0915. The van der Waals surface area contributed by atoms with E-state index in [-0.39, 0.29) is 17.2 Å². The third kappa shape index (κ3) is 6.38. The van der Waals surface area contributed by atoms with Crippen LogP contribution in [0.15, 0.2) is 18.2 Å². The number of hydrogen-bond acceptors (Lipinski definition) is 2. The Bertz CT molecular complexity index is 488. The molecule has 0 atom stereocenters. The number of benzene rings is 1. The zero-order valence-electron chi connectivity index (χ0n) is 12.3. The van der Waals surface area contributed by atoms with Gasteiger partial charge in [-0.1, -0.05) is 39.0 Å². The van der Waals surface area contributed by atoms with Gasteiger partial charge in [-0.15, -0.1) is 0 Å². The van der Waals surface area contributed by atoms with Crippen molar-refractivity contribution in [1.82, 2.24) is 0 Å². The van der Waals surface area contributed by atoms with Gasteiger partial charge >= 0.3 is 5.97 Å². The van der Waals surface area contributed by atoms with Gasteiger partial charge in [0.25, 0.3) is 0 Å². The van der Waals surface area contributed by atoms with Crippen molar-refractivity contribution < 1.29 is 19.1 Å². The first-order valence-corrected chi connectivity index (χ1v) is 7.37. The van der Waals surface area contributed by atoms with E-state index < -0.39 is 11.8 Å². The van der Waals surface area contributed by atoms with E-state index in [0.717, 1.165) is 31.4 Å². The fraction of sp³-hybridized carbons (Fsp3) is 0.500. The van der Waals surface area contributed by atoms with Gasteiger partial charge < -0.3 is 10.4 Å². The summed E-state index contributed by atoms with van der Waals surface area (Å²) in [6.45, 7) is 2.15. The van der Waals surface area contributed by atoms with Gasteiger partial charge in [0.15, 0.2) is 0 Å². The number of carbonyl (C=O) groups is 2. The highest BCUT2D eigenvalue weighted by atomic mass is 19.1. The summed E-state index contributed by atoms with van der Waals surface area (Å²) in [4.78, 5) is 22.8. The number of anilines is 1. The molecule has 21 heavy (non-hydrogen) atoms. The highest BCUT2D eigenvalue weighted by Crippen LogP contribution is 2.18. The number of carboxylic acids is 1. The van der Waals surface area contributed by atoms with Crippen LogP contribution in [0.5, 0.6) is 0 Å². The Morgan fingerprint density at radius 3 is 2.48 bits per heavy atom. The minimum absolute atomic E-state index is 0.139. The maximum atomic E-state index is 13.0. The summed E-state index contributed by atoms with van der Waals surface area (Å²) in [7, 11) is 0. The molecule has 0 saturated carbocycles. The molecule has 0 aliphatic carbocycles. The van der Waals surface area contributed by atoms with Crippen molar-refractivity contribution in [3.05, 3.63) is 29.6 Å². The summed E-state index contributed by atoms with van der Waals surface area (Å²) in [6, 6.07) is 3.31. The zero-order valence-corrected chi connectivity index (χ0v) is 12.3. The third-order valence-electron chi connectivity index (χ3n) is 3.24. The Morgan fingerprint density at radius 2 is 1.81 bits per heavy atom. The molecule has 1 amide bonds. The SMILES string of the molecule is CCCCCCCCC(=O)Nc1ccc(F)cc1C(=O)O. The van der Waals surface area contributed by atoms with Crippen LogP contribution >= 0.6 is 0 Å². The minimum Gasteiger partial charge on any atom is -0.478 e. The molecule has 1 aromatic carbocycles. The maximum absolute atomic E-state index is 13.0. The van der Waals surface area contributed by atoms with Crippen molar-refractivity contribution in [2.45, 2.75) is 51.9 Å². The van der Waals surface area contributed by atoms with Gasteiger partial charge in [0.2, 0.25) is 5.91 Å². The van der Waals surface area contributed by atoms with Gasteiger partial charge in [0.05, 0.1) is 11.3 Å². The Kier molecular flexibility index (Phi) is 7.43. The van der Waals surface area contributed by atoms with Crippen molar-refractivity contribution in [2.75, 3.05) is 5.32 Å². The van der Waals surface area contributed by atoms with Gasteiger partial charge in [-0.2, -0.15) is 0 Å². The van der Waals surface area contributed by atoms with Crippen molar-refractivity contribution in [3.63, 3.8) is 0 Å². The molecule has 1 aromatic rings. The molecule has 0 fully saturated rings. The van der Waals surface area contributed by atoms with Gasteiger partial charge in [-0.05, 0) is 24.6 Å². The lowest BCUT2D eigenvalue weighted by atomic mass is 10.1. The minimum atomic E-state index is -1.26. The summed E-state index contributed by atoms with van der Waals surface area (Å²) in [6.07, 6.45) is 6.80. The van der Waals surface area contributed by atoms with E-state index in [1.807, 2.05) is 0 Å². The van der Waals surface area contributed by atoms with E-state index in [1.54, 1.807) is 0 Å². The van der Waals surface area contributed by atoms with E-state index in [2.05, 4.69) is 12.2 Å². The van der Waals surface area contributed by atoms with Crippen LogP contribution in [0.25, 0.3) is 0 Å². The quantitative estimate of drug-likeness (QED) is 0.670. The number of unbranched alkanes of at least 4 members (excludes halogenated alkanes) is 5. The van der Waals surface area contributed by atoms with Gasteiger partial charge in [-0.25, -0.2) is 9.18 Å².